The van der Waals surface area contributed by atoms with Crippen LogP contribution in [0, 0.1) is 6.92 Å². The molecule has 3 aromatic heterocycles. The molecule has 5 nitrogen and oxygen atoms in total. The van der Waals surface area contributed by atoms with Crippen molar-refractivity contribution >= 4 is 0 Å². The normalized spacial score (nSPS) is 11.0. The number of hydrogen-bond donors (Lipinski definition) is 0. The zero-order valence-electron chi connectivity index (χ0n) is 26.9. The number of pyridine rings is 1. The maximum Gasteiger partial charge on any atom is 0.178 e. The first-order valence-corrected chi connectivity index (χ1v) is 16.2. The Morgan fingerprint density at radius 1 is 0.306 bits per heavy atom. The molecule has 0 N–H and O–H groups in total. The highest BCUT2D eigenvalue weighted by Gasteiger charge is 2.13. The van der Waals surface area contributed by atoms with Crippen LogP contribution >= 0.6 is 0 Å². The van der Waals surface area contributed by atoms with E-state index in [1.165, 1.54) is 11.1 Å². The van der Waals surface area contributed by atoms with E-state index in [1.807, 2.05) is 49.6 Å². The molecule has 0 saturated carbocycles. The lowest BCUT2D eigenvalue weighted by Gasteiger charge is -2.11. The van der Waals surface area contributed by atoms with Gasteiger partial charge in [0.2, 0.25) is 0 Å². The summed E-state index contributed by atoms with van der Waals surface area (Å²) in [4.78, 5) is 23.9. The van der Waals surface area contributed by atoms with Crippen LogP contribution in [0.3, 0.4) is 0 Å². The summed E-state index contributed by atoms with van der Waals surface area (Å²) in [6.45, 7) is 1.96. The number of benzene rings is 5. The molecule has 0 spiro atoms. The third-order valence-corrected chi connectivity index (χ3v) is 8.55. The van der Waals surface area contributed by atoms with E-state index in [0.717, 1.165) is 61.7 Å². The van der Waals surface area contributed by atoms with Crippen LogP contribution in [0.4, 0.5) is 0 Å². The third kappa shape index (κ3) is 6.51. The highest BCUT2D eigenvalue weighted by Crippen LogP contribution is 2.31. The van der Waals surface area contributed by atoms with Gasteiger partial charge in [-0.15, -0.1) is 0 Å². The van der Waals surface area contributed by atoms with Gasteiger partial charge in [-0.2, -0.15) is 0 Å². The van der Waals surface area contributed by atoms with Gasteiger partial charge in [0.25, 0.3) is 0 Å². The van der Waals surface area contributed by atoms with Crippen LogP contribution in [0.15, 0.2) is 170 Å². The smallest absolute Gasteiger partial charge is 0.178 e. The largest absolute Gasteiger partial charge is 0.250 e. The summed E-state index contributed by atoms with van der Waals surface area (Å²) in [6.07, 6.45) is 3.70. The Morgan fingerprint density at radius 2 is 0.735 bits per heavy atom. The SMILES string of the molecule is Cc1cccc(-c2ncc(-c3ccc(-c4cc(-c5ccc(-c6ccccc6)cc5)nc(-c5ccc(-c6ccccc6)cc5)n4)cc3)cn2)n1. The fraction of sp³-hybridized carbons (Fsp3) is 0.0227. The average Bonchev–Trinajstić information content (AvgIpc) is 3.19. The first kappa shape index (κ1) is 29.8. The molecule has 0 atom stereocenters. The van der Waals surface area contributed by atoms with Gasteiger partial charge >= 0.3 is 0 Å². The van der Waals surface area contributed by atoms with Crippen LogP contribution in [-0.4, -0.2) is 24.9 Å². The van der Waals surface area contributed by atoms with Crippen LogP contribution in [0.2, 0.25) is 0 Å². The van der Waals surface area contributed by atoms with Gasteiger partial charge in [0, 0.05) is 40.3 Å². The second-order valence-corrected chi connectivity index (χ2v) is 11.9. The van der Waals surface area contributed by atoms with Crippen molar-refractivity contribution in [1.29, 1.82) is 0 Å². The zero-order chi connectivity index (χ0) is 33.0. The summed E-state index contributed by atoms with van der Waals surface area (Å²) in [7, 11) is 0. The zero-order valence-corrected chi connectivity index (χ0v) is 26.9. The summed E-state index contributed by atoms with van der Waals surface area (Å²) in [5.74, 6) is 1.29. The van der Waals surface area contributed by atoms with Gasteiger partial charge in [-0.05, 0) is 52.9 Å². The van der Waals surface area contributed by atoms with Crippen LogP contribution in [0.25, 0.3) is 78.8 Å². The van der Waals surface area contributed by atoms with Crippen LogP contribution in [-0.2, 0) is 0 Å². The molecule has 0 aliphatic heterocycles. The fourth-order valence-corrected chi connectivity index (χ4v) is 5.89. The Balaban J connectivity index is 1.14. The maximum absolute atomic E-state index is 5.08. The quantitative estimate of drug-likeness (QED) is 0.175. The molecule has 0 unspecified atom stereocenters. The highest BCUT2D eigenvalue weighted by molar-refractivity contribution is 5.76. The Labute approximate surface area is 285 Å². The van der Waals surface area contributed by atoms with Crippen molar-refractivity contribution in [3.05, 3.63) is 176 Å². The van der Waals surface area contributed by atoms with Gasteiger partial charge in [-0.1, -0.05) is 140 Å². The summed E-state index contributed by atoms with van der Waals surface area (Å²) in [5, 5.41) is 0. The van der Waals surface area contributed by atoms with E-state index in [1.54, 1.807) is 0 Å². The predicted molar refractivity (Wildman–Crippen MR) is 198 cm³/mol. The molecule has 49 heavy (non-hydrogen) atoms. The standard InChI is InChI=1S/C44H31N5/c1-30-9-8-14-40(47-30)44-45-28-39(29-46-44)35-17-23-37(24-18-35)42-27-41(36-21-15-33(16-22-36)31-10-4-2-5-11-31)48-43(49-42)38-25-19-34(20-26-38)32-12-6-3-7-13-32/h2-29H,1H3. The highest BCUT2D eigenvalue weighted by atomic mass is 14.9. The van der Waals surface area contributed by atoms with E-state index in [-0.39, 0.29) is 0 Å². The third-order valence-electron chi connectivity index (χ3n) is 8.55. The molecule has 0 radical (unpaired) electrons. The topological polar surface area (TPSA) is 64.5 Å². The van der Waals surface area contributed by atoms with E-state index in [0.29, 0.717) is 11.6 Å². The number of nitrogens with zero attached hydrogens (tertiary/aromatic N) is 5. The molecular formula is C44H31N5. The Bertz CT molecular complexity index is 2230. The minimum atomic E-state index is 0.610. The molecule has 0 aliphatic rings. The van der Waals surface area contributed by atoms with Crippen molar-refractivity contribution < 1.29 is 0 Å². The molecular weight excluding hydrogens is 599 g/mol. The van der Waals surface area contributed by atoms with E-state index in [2.05, 4.69) is 142 Å². The number of aryl methyl sites for hydroxylation is 1. The molecule has 0 amide bonds. The lowest BCUT2D eigenvalue weighted by Crippen LogP contribution is -1.96. The number of hydrogen-bond acceptors (Lipinski definition) is 5. The molecule has 0 saturated heterocycles. The number of aromatic nitrogens is 5. The predicted octanol–water partition coefficient (Wildman–Crippen LogP) is 10.6. The fourth-order valence-electron chi connectivity index (χ4n) is 5.89. The Morgan fingerprint density at radius 3 is 1.22 bits per heavy atom. The van der Waals surface area contributed by atoms with Crippen molar-refractivity contribution in [2.45, 2.75) is 6.92 Å². The second-order valence-electron chi connectivity index (χ2n) is 11.9. The minimum Gasteiger partial charge on any atom is -0.250 e. The first-order chi connectivity index (χ1) is 24.2. The maximum atomic E-state index is 5.08. The molecule has 232 valence electrons. The Hall–Kier alpha value is -6.59. The van der Waals surface area contributed by atoms with Gasteiger partial charge < -0.3 is 0 Å². The lowest BCUT2D eigenvalue weighted by atomic mass is 10.0. The molecule has 0 bridgehead atoms. The first-order valence-electron chi connectivity index (χ1n) is 16.2. The average molecular weight is 630 g/mol. The van der Waals surface area contributed by atoms with Gasteiger partial charge in [0.15, 0.2) is 11.6 Å². The van der Waals surface area contributed by atoms with Crippen LogP contribution in [0.1, 0.15) is 5.69 Å². The van der Waals surface area contributed by atoms with Crippen molar-refractivity contribution in [3.63, 3.8) is 0 Å². The van der Waals surface area contributed by atoms with E-state index in [4.69, 9.17) is 9.97 Å². The summed E-state index contributed by atoms with van der Waals surface area (Å²) >= 11 is 0. The molecule has 3 heterocycles. The molecule has 0 aliphatic carbocycles. The van der Waals surface area contributed by atoms with Crippen LogP contribution in [0.5, 0.6) is 0 Å². The lowest BCUT2D eigenvalue weighted by molar-refractivity contribution is 1.11. The second kappa shape index (κ2) is 13.3. The van der Waals surface area contributed by atoms with Gasteiger partial charge in [-0.25, -0.2) is 24.9 Å². The molecule has 5 heteroatoms. The van der Waals surface area contributed by atoms with Gasteiger partial charge in [0.05, 0.1) is 11.4 Å². The van der Waals surface area contributed by atoms with E-state index < -0.39 is 0 Å². The van der Waals surface area contributed by atoms with Gasteiger partial charge in [0.1, 0.15) is 5.69 Å². The van der Waals surface area contributed by atoms with E-state index >= 15 is 0 Å². The summed E-state index contributed by atoms with van der Waals surface area (Å²) < 4.78 is 0. The van der Waals surface area contributed by atoms with Crippen molar-refractivity contribution in [2.24, 2.45) is 0 Å². The van der Waals surface area contributed by atoms with Crippen LogP contribution < -0.4 is 0 Å². The molecule has 5 aromatic carbocycles. The minimum absolute atomic E-state index is 0.610. The monoisotopic (exact) mass is 629 g/mol. The van der Waals surface area contributed by atoms with E-state index in [9.17, 15) is 0 Å². The molecule has 8 rings (SSSR count). The van der Waals surface area contributed by atoms with Crippen molar-refractivity contribution in [2.75, 3.05) is 0 Å². The van der Waals surface area contributed by atoms with Crippen molar-refractivity contribution in [1.82, 2.24) is 24.9 Å². The molecule has 8 aromatic rings. The molecule has 0 fully saturated rings. The Kier molecular flexibility index (Phi) is 8.06. The van der Waals surface area contributed by atoms with Gasteiger partial charge in [-0.3, -0.25) is 0 Å². The number of rotatable bonds is 7. The van der Waals surface area contributed by atoms with Crippen molar-refractivity contribution in [3.8, 4) is 78.8 Å². The summed E-state index contributed by atoms with van der Waals surface area (Å²) in [5.41, 5.74) is 13.0. The summed E-state index contributed by atoms with van der Waals surface area (Å²) in [6, 6.07) is 54.1.